The second-order valence-electron chi connectivity index (χ2n) is 5.75. The van der Waals surface area contributed by atoms with Crippen molar-refractivity contribution in [1.82, 2.24) is 5.32 Å². The molecule has 0 aromatic heterocycles. The molecule has 22 heavy (non-hydrogen) atoms. The SMILES string of the molecule is CCCCO[Si](CCCNCC)(OCCCC)OCCCC. The molecule has 0 heterocycles. The van der Waals surface area contributed by atoms with E-state index in [1.807, 2.05) is 0 Å². The van der Waals surface area contributed by atoms with Gasteiger partial charge in [-0.05, 0) is 38.8 Å². The van der Waals surface area contributed by atoms with Gasteiger partial charge in [0.05, 0.1) is 0 Å². The molecule has 0 rings (SSSR count). The van der Waals surface area contributed by atoms with E-state index in [1.165, 1.54) is 0 Å². The summed E-state index contributed by atoms with van der Waals surface area (Å²) in [5.74, 6) is 0. The zero-order valence-corrected chi connectivity index (χ0v) is 16.4. The molecule has 0 atom stereocenters. The van der Waals surface area contributed by atoms with E-state index >= 15 is 0 Å². The van der Waals surface area contributed by atoms with Crippen molar-refractivity contribution < 1.29 is 13.3 Å². The zero-order chi connectivity index (χ0) is 16.5. The maximum Gasteiger partial charge on any atom is 0.501 e. The highest BCUT2D eigenvalue weighted by Gasteiger charge is 2.40. The van der Waals surface area contributed by atoms with E-state index in [9.17, 15) is 0 Å². The van der Waals surface area contributed by atoms with Gasteiger partial charge >= 0.3 is 8.80 Å². The highest BCUT2D eigenvalue weighted by molar-refractivity contribution is 6.60. The van der Waals surface area contributed by atoms with Crippen LogP contribution in [0.1, 0.15) is 72.6 Å². The van der Waals surface area contributed by atoms with Gasteiger partial charge in [0.25, 0.3) is 0 Å². The molecule has 0 aliphatic carbocycles. The van der Waals surface area contributed by atoms with E-state index in [2.05, 4.69) is 33.0 Å². The number of rotatable bonds is 17. The molecule has 1 N–H and O–H groups in total. The van der Waals surface area contributed by atoms with Gasteiger partial charge in [-0.1, -0.05) is 47.0 Å². The molecule has 134 valence electrons. The third-order valence-corrected chi connectivity index (χ3v) is 6.44. The Hall–Kier alpha value is 0.0569. The predicted octanol–water partition coefficient (Wildman–Crippen LogP) is 4.38. The van der Waals surface area contributed by atoms with Gasteiger partial charge < -0.3 is 18.6 Å². The minimum absolute atomic E-state index is 0.766. The van der Waals surface area contributed by atoms with E-state index in [0.29, 0.717) is 0 Å². The monoisotopic (exact) mass is 333 g/mol. The lowest BCUT2D eigenvalue weighted by Crippen LogP contribution is -2.47. The molecule has 0 unspecified atom stereocenters. The number of hydrogen-bond acceptors (Lipinski definition) is 4. The quantitative estimate of drug-likeness (QED) is 0.317. The molecule has 0 saturated carbocycles. The molecule has 0 aliphatic heterocycles. The van der Waals surface area contributed by atoms with Gasteiger partial charge in [0.15, 0.2) is 0 Å². The average Bonchev–Trinajstić information content (AvgIpc) is 2.52. The third kappa shape index (κ3) is 11.6. The van der Waals surface area contributed by atoms with Crippen molar-refractivity contribution in [2.24, 2.45) is 0 Å². The van der Waals surface area contributed by atoms with Crippen molar-refractivity contribution in [3.8, 4) is 0 Å². The Kier molecular flexibility index (Phi) is 16.0. The minimum Gasteiger partial charge on any atom is -0.373 e. The smallest absolute Gasteiger partial charge is 0.373 e. The van der Waals surface area contributed by atoms with Gasteiger partial charge in [0.1, 0.15) is 0 Å². The second kappa shape index (κ2) is 15.9. The largest absolute Gasteiger partial charge is 0.501 e. The van der Waals surface area contributed by atoms with Gasteiger partial charge in [-0.3, -0.25) is 0 Å². The fourth-order valence-corrected chi connectivity index (χ4v) is 4.72. The standard InChI is InChI=1S/C17H39NO3Si/c1-5-9-14-19-22(20-15-10-6-2,21-16-11-7-3)17-12-13-18-8-4/h18H,5-17H2,1-4H3. The van der Waals surface area contributed by atoms with Gasteiger partial charge in [0, 0.05) is 25.9 Å². The van der Waals surface area contributed by atoms with E-state index in [4.69, 9.17) is 13.3 Å². The van der Waals surface area contributed by atoms with Crippen molar-refractivity contribution in [1.29, 1.82) is 0 Å². The van der Waals surface area contributed by atoms with Crippen molar-refractivity contribution in [2.45, 2.75) is 78.7 Å². The maximum atomic E-state index is 6.21. The molecule has 0 aliphatic rings. The Labute approximate surface area is 139 Å². The summed E-state index contributed by atoms with van der Waals surface area (Å²) in [7, 11) is -2.50. The topological polar surface area (TPSA) is 39.7 Å². The lowest BCUT2D eigenvalue weighted by atomic mass is 10.4. The predicted molar refractivity (Wildman–Crippen MR) is 96.3 cm³/mol. The zero-order valence-electron chi connectivity index (χ0n) is 15.4. The molecule has 0 spiro atoms. The van der Waals surface area contributed by atoms with Crippen LogP contribution in [0.2, 0.25) is 6.04 Å². The van der Waals surface area contributed by atoms with E-state index in [-0.39, 0.29) is 0 Å². The Bertz CT molecular complexity index is 203. The Morgan fingerprint density at radius 2 is 1.14 bits per heavy atom. The highest BCUT2D eigenvalue weighted by Crippen LogP contribution is 2.20. The summed E-state index contributed by atoms with van der Waals surface area (Å²) in [4.78, 5) is 0. The Morgan fingerprint density at radius 3 is 1.50 bits per heavy atom. The van der Waals surface area contributed by atoms with Gasteiger partial charge in [0.2, 0.25) is 0 Å². The molecule has 0 amide bonds. The van der Waals surface area contributed by atoms with Crippen LogP contribution in [0, 0.1) is 0 Å². The normalized spacial score (nSPS) is 12.0. The van der Waals surface area contributed by atoms with Crippen molar-refractivity contribution in [3.63, 3.8) is 0 Å². The molecule has 0 radical (unpaired) electrons. The summed E-state index contributed by atoms with van der Waals surface area (Å²) in [6.07, 6.45) is 7.73. The maximum absolute atomic E-state index is 6.21. The first-order valence-corrected chi connectivity index (χ1v) is 11.3. The number of hydrogen-bond donors (Lipinski definition) is 1. The van der Waals surface area contributed by atoms with Crippen LogP contribution in [0.5, 0.6) is 0 Å². The van der Waals surface area contributed by atoms with Gasteiger partial charge in [-0.15, -0.1) is 0 Å². The fourth-order valence-electron chi connectivity index (χ4n) is 2.06. The number of nitrogens with one attached hydrogen (secondary N) is 1. The minimum atomic E-state index is -2.50. The van der Waals surface area contributed by atoms with Crippen LogP contribution in [0.15, 0.2) is 0 Å². The lowest BCUT2D eigenvalue weighted by Gasteiger charge is -2.30. The summed E-state index contributed by atoms with van der Waals surface area (Å²) in [6.45, 7) is 13.0. The summed E-state index contributed by atoms with van der Waals surface area (Å²) >= 11 is 0. The molecule has 4 nitrogen and oxygen atoms in total. The van der Waals surface area contributed by atoms with E-state index in [0.717, 1.165) is 83.9 Å². The summed E-state index contributed by atoms with van der Waals surface area (Å²) in [6, 6.07) is 0.928. The van der Waals surface area contributed by atoms with Crippen LogP contribution in [0.25, 0.3) is 0 Å². The average molecular weight is 334 g/mol. The van der Waals surface area contributed by atoms with Crippen LogP contribution in [0.4, 0.5) is 0 Å². The molecule has 0 fully saturated rings. The fraction of sp³-hybridized carbons (Fsp3) is 1.00. The molecule has 0 saturated heterocycles. The van der Waals surface area contributed by atoms with Crippen molar-refractivity contribution >= 4 is 8.80 Å². The van der Waals surface area contributed by atoms with Gasteiger partial charge in [-0.2, -0.15) is 0 Å². The molecular formula is C17H39NO3Si. The van der Waals surface area contributed by atoms with E-state index in [1.54, 1.807) is 0 Å². The third-order valence-electron chi connectivity index (χ3n) is 3.55. The molecule has 0 aromatic carbocycles. The van der Waals surface area contributed by atoms with Crippen LogP contribution in [-0.4, -0.2) is 41.7 Å². The number of unbranched alkanes of at least 4 members (excludes halogenated alkanes) is 3. The van der Waals surface area contributed by atoms with Crippen molar-refractivity contribution in [3.05, 3.63) is 0 Å². The van der Waals surface area contributed by atoms with Crippen LogP contribution >= 0.6 is 0 Å². The summed E-state index contributed by atoms with van der Waals surface area (Å²) < 4.78 is 18.6. The van der Waals surface area contributed by atoms with Crippen LogP contribution in [-0.2, 0) is 13.3 Å². The van der Waals surface area contributed by atoms with Crippen LogP contribution < -0.4 is 5.32 Å². The highest BCUT2D eigenvalue weighted by atomic mass is 28.4. The molecular weight excluding hydrogens is 294 g/mol. The van der Waals surface area contributed by atoms with Crippen LogP contribution in [0.3, 0.4) is 0 Å². The Morgan fingerprint density at radius 1 is 0.682 bits per heavy atom. The first kappa shape index (κ1) is 22.1. The first-order chi connectivity index (χ1) is 10.7. The Balaban J connectivity index is 4.53. The molecule has 0 bridgehead atoms. The first-order valence-electron chi connectivity index (χ1n) is 9.37. The molecule has 5 heteroatoms. The van der Waals surface area contributed by atoms with Crippen molar-refractivity contribution in [2.75, 3.05) is 32.9 Å². The summed E-state index contributed by atoms with van der Waals surface area (Å²) in [5, 5.41) is 3.38. The lowest BCUT2D eigenvalue weighted by molar-refractivity contribution is 0.0558. The second-order valence-corrected chi connectivity index (χ2v) is 8.48. The summed E-state index contributed by atoms with van der Waals surface area (Å²) in [5.41, 5.74) is 0. The molecule has 0 aromatic rings. The van der Waals surface area contributed by atoms with Gasteiger partial charge in [-0.25, -0.2) is 0 Å². The van der Waals surface area contributed by atoms with E-state index < -0.39 is 8.80 Å².